The lowest BCUT2D eigenvalue weighted by Crippen LogP contribution is -1.82. The average molecular weight is 159 g/mol. The SMILES string of the molecule is OCc1cc(Cl)ccc1O. The van der Waals surface area contributed by atoms with Crippen LogP contribution in [0.3, 0.4) is 0 Å². The molecule has 0 aliphatic carbocycles. The van der Waals surface area contributed by atoms with Crippen LogP contribution in [0.2, 0.25) is 5.02 Å². The molecule has 1 aromatic carbocycles. The summed E-state index contributed by atoms with van der Waals surface area (Å²) in [4.78, 5) is 0. The minimum Gasteiger partial charge on any atom is -0.508 e. The molecule has 54 valence electrons. The summed E-state index contributed by atoms with van der Waals surface area (Å²) in [5, 5.41) is 18.2. The van der Waals surface area contributed by atoms with Gasteiger partial charge in [-0.2, -0.15) is 0 Å². The van der Waals surface area contributed by atoms with Gasteiger partial charge in [0.2, 0.25) is 0 Å². The first-order chi connectivity index (χ1) is 4.74. The summed E-state index contributed by atoms with van der Waals surface area (Å²) in [6, 6.07) is 4.54. The van der Waals surface area contributed by atoms with E-state index in [2.05, 4.69) is 0 Å². The smallest absolute Gasteiger partial charge is 0.121 e. The summed E-state index contributed by atoms with van der Waals surface area (Å²) in [5.74, 6) is 0.0758. The third-order valence-corrected chi connectivity index (χ3v) is 1.45. The van der Waals surface area contributed by atoms with Crippen LogP contribution in [0.4, 0.5) is 0 Å². The second-order valence-electron chi connectivity index (χ2n) is 1.93. The molecule has 0 bridgehead atoms. The molecule has 0 heterocycles. The van der Waals surface area contributed by atoms with Crippen molar-refractivity contribution in [1.29, 1.82) is 0 Å². The molecule has 0 amide bonds. The van der Waals surface area contributed by atoms with Crippen molar-refractivity contribution in [3.8, 4) is 5.75 Å². The van der Waals surface area contributed by atoms with Crippen LogP contribution in [-0.2, 0) is 6.61 Å². The third kappa shape index (κ3) is 1.40. The van der Waals surface area contributed by atoms with Crippen molar-refractivity contribution in [3.63, 3.8) is 0 Å². The number of halogens is 1. The Kier molecular flexibility index (Phi) is 2.14. The quantitative estimate of drug-likeness (QED) is 0.651. The fourth-order valence-electron chi connectivity index (χ4n) is 0.681. The van der Waals surface area contributed by atoms with Gasteiger partial charge in [-0.15, -0.1) is 0 Å². The maximum atomic E-state index is 9.02. The van der Waals surface area contributed by atoms with Gasteiger partial charge >= 0.3 is 0 Å². The van der Waals surface area contributed by atoms with E-state index in [-0.39, 0.29) is 12.4 Å². The molecule has 1 rings (SSSR count). The van der Waals surface area contributed by atoms with Crippen LogP contribution >= 0.6 is 11.6 Å². The minimum atomic E-state index is -0.188. The zero-order chi connectivity index (χ0) is 7.56. The Labute approximate surface area is 63.7 Å². The zero-order valence-electron chi connectivity index (χ0n) is 5.21. The van der Waals surface area contributed by atoms with Crippen molar-refractivity contribution in [2.45, 2.75) is 6.61 Å². The summed E-state index contributed by atoms with van der Waals surface area (Å²) in [6.07, 6.45) is 0. The molecule has 0 aliphatic rings. The van der Waals surface area contributed by atoms with Gasteiger partial charge in [-0.25, -0.2) is 0 Å². The van der Waals surface area contributed by atoms with Gasteiger partial charge in [-0.05, 0) is 18.2 Å². The maximum Gasteiger partial charge on any atom is 0.121 e. The molecule has 0 spiro atoms. The van der Waals surface area contributed by atoms with Crippen molar-refractivity contribution >= 4 is 11.6 Å². The molecule has 0 unspecified atom stereocenters. The number of benzene rings is 1. The summed E-state index contributed by atoms with van der Waals surface area (Å²) in [6.45, 7) is -0.188. The Balaban J connectivity index is 3.09. The van der Waals surface area contributed by atoms with Crippen molar-refractivity contribution in [3.05, 3.63) is 28.8 Å². The van der Waals surface area contributed by atoms with Gasteiger partial charge in [0, 0.05) is 10.6 Å². The lowest BCUT2D eigenvalue weighted by atomic mass is 10.2. The van der Waals surface area contributed by atoms with Crippen LogP contribution < -0.4 is 0 Å². The molecule has 1 aromatic rings. The molecule has 2 nitrogen and oxygen atoms in total. The van der Waals surface area contributed by atoms with E-state index < -0.39 is 0 Å². The first-order valence-electron chi connectivity index (χ1n) is 2.82. The van der Waals surface area contributed by atoms with Gasteiger partial charge in [-0.3, -0.25) is 0 Å². The molecule has 10 heavy (non-hydrogen) atoms. The lowest BCUT2D eigenvalue weighted by molar-refractivity contribution is 0.275. The highest BCUT2D eigenvalue weighted by Gasteiger charge is 1.98. The molecular formula is C7H7ClO2. The van der Waals surface area contributed by atoms with Gasteiger partial charge in [-0.1, -0.05) is 11.6 Å². The van der Waals surface area contributed by atoms with E-state index in [1.807, 2.05) is 0 Å². The molecular weight excluding hydrogens is 152 g/mol. The fourth-order valence-corrected chi connectivity index (χ4v) is 0.875. The Hall–Kier alpha value is -0.730. The Bertz CT molecular complexity index is 235. The number of aliphatic hydroxyl groups is 1. The Morgan fingerprint density at radius 3 is 2.60 bits per heavy atom. The van der Waals surface area contributed by atoms with E-state index in [4.69, 9.17) is 21.8 Å². The molecule has 0 atom stereocenters. The van der Waals surface area contributed by atoms with E-state index in [1.165, 1.54) is 12.1 Å². The van der Waals surface area contributed by atoms with Crippen LogP contribution in [0.1, 0.15) is 5.56 Å². The number of rotatable bonds is 1. The molecule has 0 saturated carbocycles. The van der Waals surface area contributed by atoms with Crippen molar-refractivity contribution in [1.82, 2.24) is 0 Å². The predicted octanol–water partition coefficient (Wildman–Crippen LogP) is 1.54. The van der Waals surface area contributed by atoms with Crippen molar-refractivity contribution in [2.75, 3.05) is 0 Å². The van der Waals surface area contributed by atoms with E-state index >= 15 is 0 Å². The molecule has 0 aliphatic heterocycles. The fraction of sp³-hybridized carbons (Fsp3) is 0.143. The first-order valence-corrected chi connectivity index (χ1v) is 3.20. The number of aromatic hydroxyl groups is 1. The second kappa shape index (κ2) is 2.90. The molecule has 2 N–H and O–H groups in total. The number of hydrogen-bond donors (Lipinski definition) is 2. The van der Waals surface area contributed by atoms with Crippen LogP contribution in [0, 0.1) is 0 Å². The number of hydrogen-bond acceptors (Lipinski definition) is 2. The maximum absolute atomic E-state index is 9.02. The highest BCUT2D eigenvalue weighted by Crippen LogP contribution is 2.20. The topological polar surface area (TPSA) is 40.5 Å². The van der Waals surface area contributed by atoms with Crippen LogP contribution in [0.5, 0.6) is 5.75 Å². The molecule has 0 radical (unpaired) electrons. The summed E-state index contributed by atoms with van der Waals surface area (Å²) < 4.78 is 0. The van der Waals surface area contributed by atoms with Crippen LogP contribution in [0.25, 0.3) is 0 Å². The highest BCUT2D eigenvalue weighted by atomic mass is 35.5. The molecule has 3 heteroatoms. The zero-order valence-corrected chi connectivity index (χ0v) is 5.97. The minimum absolute atomic E-state index is 0.0758. The van der Waals surface area contributed by atoms with Crippen molar-refractivity contribution in [2.24, 2.45) is 0 Å². The average Bonchev–Trinajstić information content (AvgIpc) is 1.94. The first kappa shape index (κ1) is 7.38. The summed E-state index contributed by atoms with van der Waals surface area (Å²) in [7, 11) is 0. The Morgan fingerprint density at radius 2 is 2.10 bits per heavy atom. The highest BCUT2D eigenvalue weighted by molar-refractivity contribution is 6.30. The second-order valence-corrected chi connectivity index (χ2v) is 2.37. The van der Waals surface area contributed by atoms with Gasteiger partial charge in [0.05, 0.1) is 6.61 Å². The summed E-state index contributed by atoms with van der Waals surface area (Å²) in [5.41, 5.74) is 0.451. The lowest BCUT2D eigenvalue weighted by Gasteiger charge is -1.99. The van der Waals surface area contributed by atoms with Gasteiger partial charge in [0.15, 0.2) is 0 Å². The van der Waals surface area contributed by atoms with Crippen LogP contribution in [0.15, 0.2) is 18.2 Å². The standard InChI is InChI=1S/C7H7ClO2/c8-6-1-2-7(10)5(3-6)4-9/h1-3,9-10H,4H2. The van der Waals surface area contributed by atoms with Crippen LogP contribution in [-0.4, -0.2) is 10.2 Å². The number of aliphatic hydroxyl groups excluding tert-OH is 1. The van der Waals surface area contributed by atoms with Gasteiger partial charge < -0.3 is 10.2 Å². The number of phenols is 1. The normalized spacial score (nSPS) is 9.80. The monoisotopic (exact) mass is 158 g/mol. The summed E-state index contributed by atoms with van der Waals surface area (Å²) >= 11 is 5.57. The molecule has 0 saturated heterocycles. The molecule has 0 aromatic heterocycles. The third-order valence-electron chi connectivity index (χ3n) is 1.21. The van der Waals surface area contributed by atoms with Gasteiger partial charge in [0.25, 0.3) is 0 Å². The van der Waals surface area contributed by atoms with Crippen molar-refractivity contribution < 1.29 is 10.2 Å². The van der Waals surface area contributed by atoms with E-state index in [1.54, 1.807) is 6.07 Å². The molecule has 0 fully saturated rings. The van der Waals surface area contributed by atoms with E-state index in [9.17, 15) is 0 Å². The largest absolute Gasteiger partial charge is 0.508 e. The van der Waals surface area contributed by atoms with E-state index in [0.29, 0.717) is 10.6 Å². The van der Waals surface area contributed by atoms with E-state index in [0.717, 1.165) is 0 Å². The van der Waals surface area contributed by atoms with Gasteiger partial charge in [0.1, 0.15) is 5.75 Å². The predicted molar refractivity (Wildman–Crippen MR) is 39.0 cm³/mol. The Morgan fingerprint density at radius 1 is 1.40 bits per heavy atom.